The van der Waals surface area contributed by atoms with Crippen molar-refractivity contribution >= 4 is 41.9 Å². The van der Waals surface area contributed by atoms with Crippen LogP contribution in [0.1, 0.15) is 26.5 Å². The first-order valence-electron chi connectivity index (χ1n) is 9.77. The van der Waals surface area contributed by atoms with Crippen LogP contribution in [-0.4, -0.2) is 84.7 Å². The highest BCUT2D eigenvalue weighted by Crippen LogP contribution is 2.15. The summed E-state index contributed by atoms with van der Waals surface area (Å²) in [4.78, 5) is 36.0. The molecule has 1 aromatic rings. The van der Waals surface area contributed by atoms with E-state index in [0.717, 1.165) is 5.69 Å². The third-order valence-electron chi connectivity index (χ3n) is 4.36. The van der Waals surface area contributed by atoms with Crippen molar-refractivity contribution in [2.45, 2.75) is 38.8 Å². The van der Waals surface area contributed by atoms with Gasteiger partial charge in [0.25, 0.3) is 0 Å². The SMILES string of the molecule is CN=C(NCC(=O)N(C)CCc1ccccn1)NC1CN(C(=O)OC(C)(C)C)C1.I. The van der Waals surface area contributed by atoms with Crippen molar-refractivity contribution in [3.05, 3.63) is 30.1 Å². The van der Waals surface area contributed by atoms with Crippen LogP contribution in [-0.2, 0) is 16.0 Å². The maximum atomic E-state index is 12.3. The number of likely N-dealkylation sites (tertiary alicyclic amines) is 1. The number of aromatic nitrogens is 1. The topological polar surface area (TPSA) is 99.2 Å². The molecule has 2 amide bonds. The van der Waals surface area contributed by atoms with Gasteiger partial charge in [-0.3, -0.25) is 14.8 Å². The molecule has 1 aromatic heterocycles. The highest BCUT2D eigenvalue weighted by Gasteiger charge is 2.34. The number of aliphatic imine (C=N–C) groups is 1. The minimum Gasteiger partial charge on any atom is -0.444 e. The number of carbonyl (C=O) groups is 2. The van der Waals surface area contributed by atoms with Gasteiger partial charge in [0.2, 0.25) is 5.91 Å². The molecule has 0 unspecified atom stereocenters. The third-order valence-corrected chi connectivity index (χ3v) is 4.36. The van der Waals surface area contributed by atoms with Crippen molar-refractivity contribution in [2.24, 2.45) is 4.99 Å². The van der Waals surface area contributed by atoms with E-state index >= 15 is 0 Å². The monoisotopic (exact) mass is 532 g/mol. The number of ether oxygens (including phenoxy) is 1. The van der Waals surface area contributed by atoms with Gasteiger partial charge in [-0.1, -0.05) is 6.07 Å². The smallest absolute Gasteiger partial charge is 0.410 e. The van der Waals surface area contributed by atoms with Crippen molar-refractivity contribution in [1.29, 1.82) is 0 Å². The molecule has 168 valence electrons. The summed E-state index contributed by atoms with van der Waals surface area (Å²) in [5.41, 5.74) is 0.452. The Bertz CT molecular complexity index is 717. The van der Waals surface area contributed by atoms with Gasteiger partial charge in [-0.05, 0) is 32.9 Å². The van der Waals surface area contributed by atoms with Crippen molar-refractivity contribution in [3.8, 4) is 0 Å². The summed E-state index contributed by atoms with van der Waals surface area (Å²) < 4.78 is 5.34. The second-order valence-electron chi connectivity index (χ2n) is 8.04. The lowest BCUT2D eigenvalue weighted by molar-refractivity contribution is -0.128. The van der Waals surface area contributed by atoms with Gasteiger partial charge in [0.05, 0.1) is 12.6 Å². The molecule has 2 rings (SSSR count). The predicted molar refractivity (Wildman–Crippen MR) is 127 cm³/mol. The molecule has 0 atom stereocenters. The lowest BCUT2D eigenvalue weighted by atomic mass is 10.1. The first-order chi connectivity index (χ1) is 13.7. The Morgan fingerprint density at radius 1 is 1.33 bits per heavy atom. The standard InChI is InChI=1S/C20H32N6O3.HI/c1-20(2,3)29-19(28)26-13-16(14-26)24-18(21-4)23-12-17(27)25(5)11-9-15-8-6-7-10-22-15;/h6-8,10,16H,9,11-14H2,1-5H3,(H2,21,23,24);1H. The van der Waals surface area contributed by atoms with Crippen molar-refractivity contribution in [1.82, 2.24) is 25.4 Å². The normalized spacial score (nSPS) is 14.3. The molecule has 0 aliphatic carbocycles. The highest BCUT2D eigenvalue weighted by atomic mass is 127. The molecule has 1 aliphatic rings. The molecule has 1 aliphatic heterocycles. The number of rotatable bonds is 6. The van der Waals surface area contributed by atoms with E-state index in [1.807, 2.05) is 39.0 Å². The number of carbonyl (C=O) groups excluding carboxylic acids is 2. The summed E-state index contributed by atoms with van der Waals surface area (Å²) in [7, 11) is 3.42. The average Bonchev–Trinajstić information content (AvgIpc) is 2.63. The van der Waals surface area contributed by atoms with Gasteiger partial charge in [0.15, 0.2) is 5.96 Å². The summed E-state index contributed by atoms with van der Waals surface area (Å²) in [6, 6.07) is 5.83. The minimum absolute atomic E-state index is 0. The molecule has 1 fully saturated rings. The summed E-state index contributed by atoms with van der Waals surface area (Å²) in [6.45, 7) is 7.34. The van der Waals surface area contributed by atoms with E-state index in [1.54, 1.807) is 30.1 Å². The fourth-order valence-electron chi connectivity index (χ4n) is 2.68. The zero-order chi connectivity index (χ0) is 21.4. The van der Waals surface area contributed by atoms with Gasteiger partial charge < -0.3 is 25.2 Å². The Balaban J connectivity index is 0.00000450. The average molecular weight is 532 g/mol. The minimum atomic E-state index is -0.504. The van der Waals surface area contributed by atoms with Crippen LogP contribution in [0.5, 0.6) is 0 Å². The second kappa shape index (κ2) is 11.9. The van der Waals surface area contributed by atoms with Crippen LogP contribution >= 0.6 is 24.0 Å². The van der Waals surface area contributed by atoms with Crippen molar-refractivity contribution in [2.75, 3.05) is 40.3 Å². The maximum Gasteiger partial charge on any atom is 0.410 e. The lowest BCUT2D eigenvalue weighted by Crippen LogP contribution is -2.63. The number of nitrogens with zero attached hydrogens (tertiary/aromatic N) is 4. The van der Waals surface area contributed by atoms with E-state index in [1.165, 1.54) is 0 Å². The Hall–Kier alpha value is -2.11. The van der Waals surface area contributed by atoms with E-state index in [2.05, 4.69) is 20.6 Å². The summed E-state index contributed by atoms with van der Waals surface area (Å²) in [5, 5.41) is 6.24. The quantitative estimate of drug-likeness (QED) is 0.327. The molecule has 2 heterocycles. The Morgan fingerprint density at radius 2 is 2.03 bits per heavy atom. The van der Waals surface area contributed by atoms with Crippen LogP contribution < -0.4 is 10.6 Å². The lowest BCUT2D eigenvalue weighted by Gasteiger charge is -2.40. The molecular weight excluding hydrogens is 499 g/mol. The molecule has 0 spiro atoms. The van der Waals surface area contributed by atoms with E-state index < -0.39 is 5.60 Å². The van der Waals surface area contributed by atoms with E-state index in [9.17, 15) is 9.59 Å². The molecule has 1 saturated heterocycles. The molecule has 0 bridgehead atoms. The first-order valence-corrected chi connectivity index (χ1v) is 9.77. The Kier molecular flexibility index (Phi) is 10.3. The second-order valence-corrected chi connectivity index (χ2v) is 8.04. The van der Waals surface area contributed by atoms with Gasteiger partial charge in [-0.2, -0.15) is 0 Å². The van der Waals surface area contributed by atoms with E-state index in [4.69, 9.17) is 4.74 Å². The molecule has 0 radical (unpaired) electrons. The first kappa shape index (κ1) is 25.9. The van der Waals surface area contributed by atoms with Gasteiger partial charge in [0.1, 0.15) is 5.60 Å². The number of guanidine groups is 1. The predicted octanol–water partition coefficient (Wildman–Crippen LogP) is 1.48. The third kappa shape index (κ3) is 8.72. The van der Waals surface area contributed by atoms with Crippen LogP contribution in [0.3, 0.4) is 0 Å². The molecule has 10 heteroatoms. The molecule has 0 aromatic carbocycles. The van der Waals surface area contributed by atoms with Crippen LogP contribution in [0.4, 0.5) is 4.79 Å². The number of hydrogen-bond donors (Lipinski definition) is 2. The fraction of sp³-hybridized carbons (Fsp3) is 0.600. The van der Waals surface area contributed by atoms with Gasteiger partial charge >= 0.3 is 6.09 Å². The van der Waals surface area contributed by atoms with Gasteiger partial charge in [0, 0.05) is 52.0 Å². The number of pyridine rings is 1. The van der Waals surface area contributed by atoms with E-state index in [0.29, 0.717) is 32.0 Å². The number of nitrogens with one attached hydrogen (secondary N) is 2. The molecule has 0 saturated carbocycles. The summed E-state index contributed by atoms with van der Waals surface area (Å²) >= 11 is 0. The van der Waals surface area contributed by atoms with Crippen LogP contribution in [0.15, 0.2) is 29.4 Å². The zero-order valence-electron chi connectivity index (χ0n) is 18.3. The van der Waals surface area contributed by atoms with Crippen LogP contribution in [0.25, 0.3) is 0 Å². The van der Waals surface area contributed by atoms with Gasteiger partial charge in [-0.25, -0.2) is 4.79 Å². The Morgan fingerprint density at radius 3 is 2.60 bits per heavy atom. The zero-order valence-corrected chi connectivity index (χ0v) is 20.7. The summed E-state index contributed by atoms with van der Waals surface area (Å²) in [5.74, 6) is 0.498. The van der Waals surface area contributed by atoms with Crippen LogP contribution in [0.2, 0.25) is 0 Å². The van der Waals surface area contributed by atoms with Crippen molar-refractivity contribution in [3.63, 3.8) is 0 Å². The summed E-state index contributed by atoms with van der Waals surface area (Å²) in [6.07, 6.45) is 2.14. The highest BCUT2D eigenvalue weighted by molar-refractivity contribution is 14.0. The molecule has 9 nitrogen and oxygen atoms in total. The number of likely N-dealkylation sites (N-methyl/N-ethyl adjacent to an activating group) is 1. The number of hydrogen-bond acceptors (Lipinski definition) is 5. The Labute approximate surface area is 195 Å². The van der Waals surface area contributed by atoms with Gasteiger partial charge in [-0.15, -0.1) is 24.0 Å². The largest absolute Gasteiger partial charge is 0.444 e. The van der Waals surface area contributed by atoms with Crippen molar-refractivity contribution < 1.29 is 14.3 Å². The fourth-order valence-corrected chi connectivity index (χ4v) is 2.68. The van der Waals surface area contributed by atoms with Crippen LogP contribution in [0, 0.1) is 0 Å². The van der Waals surface area contributed by atoms with E-state index in [-0.39, 0.29) is 48.6 Å². The molecule has 2 N–H and O–H groups in total. The number of amides is 2. The molecule has 30 heavy (non-hydrogen) atoms. The number of halogens is 1. The maximum absolute atomic E-state index is 12.3. The molecular formula is C20H33IN6O3.